The van der Waals surface area contributed by atoms with Gasteiger partial charge in [-0.1, -0.05) is 27.5 Å². The molecule has 1 aromatic heterocycles. The van der Waals surface area contributed by atoms with Gasteiger partial charge in [0.25, 0.3) is 10.0 Å². The van der Waals surface area contributed by atoms with Gasteiger partial charge in [0.2, 0.25) is 0 Å². The van der Waals surface area contributed by atoms with E-state index in [2.05, 4.69) is 31.9 Å². The van der Waals surface area contributed by atoms with Gasteiger partial charge in [-0.25, -0.2) is 12.4 Å². The zero-order valence-electron chi connectivity index (χ0n) is 14.6. The van der Waals surface area contributed by atoms with Gasteiger partial charge in [-0.05, 0) is 66.4 Å². The van der Waals surface area contributed by atoms with Gasteiger partial charge in [0, 0.05) is 25.9 Å². The largest absolute Gasteiger partial charge is 0.490 e. The predicted molar refractivity (Wildman–Crippen MR) is 115 cm³/mol. The molecule has 3 rings (SSSR count). The SMILES string of the molecule is CN(C)CCOc1cn(S(=O)(=O)c2ccc(Cl)cc2)c2c(Br)cc(Br)cc12. The molecule has 0 aliphatic rings. The van der Waals surface area contributed by atoms with Crippen LogP contribution in [0.2, 0.25) is 5.02 Å². The van der Waals surface area contributed by atoms with E-state index in [9.17, 15) is 8.42 Å². The monoisotopic (exact) mass is 534 g/mol. The lowest BCUT2D eigenvalue weighted by molar-refractivity contribution is 0.263. The van der Waals surface area contributed by atoms with Gasteiger partial charge in [-0.15, -0.1) is 0 Å². The second-order valence-electron chi connectivity index (χ2n) is 6.18. The maximum atomic E-state index is 13.2. The first-order chi connectivity index (χ1) is 12.7. The third kappa shape index (κ3) is 4.35. The number of nitrogens with zero attached hydrogens (tertiary/aromatic N) is 2. The van der Waals surface area contributed by atoms with Crippen molar-refractivity contribution in [2.75, 3.05) is 27.2 Å². The van der Waals surface area contributed by atoms with Crippen LogP contribution in [-0.2, 0) is 10.0 Å². The summed E-state index contributed by atoms with van der Waals surface area (Å²) in [5.41, 5.74) is 0.521. The molecule has 0 fully saturated rings. The molecule has 0 amide bonds. The van der Waals surface area contributed by atoms with E-state index in [-0.39, 0.29) is 4.90 Å². The summed E-state index contributed by atoms with van der Waals surface area (Å²) in [6, 6.07) is 9.74. The van der Waals surface area contributed by atoms with Crippen LogP contribution in [0.3, 0.4) is 0 Å². The molecule has 0 atom stereocenters. The highest BCUT2D eigenvalue weighted by atomic mass is 79.9. The molecule has 1 heterocycles. The van der Waals surface area contributed by atoms with Crippen LogP contribution in [0.5, 0.6) is 5.75 Å². The molecule has 0 radical (unpaired) electrons. The van der Waals surface area contributed by atoms with E-state index in [1.54, 1.807) is 18.2 Å². The van der Waals surface area contributed by atoms with E-state index in [4.69, 9.17) is 16.3 Å². The molecule has 5 nitrogen and oxygen atoms in total. The summed E-state index contributed by atoms with van der Waals surface area (Å²) in [5, 5.41) is 1.18. The van der Waals surface area contributed by atoms with Crippen LogP contribution in [0.15, 0.2) is 56.4 Å². The van der Waals surface area contributed by atoms with E-state index in [0.29, 0.717) is 39.3 Å². The van der Waals surface area contributed by atoms with Gasteiger partial charge in [0.1, 0.15) is 12.4 Å². The minimum absolute atomic E-state index is 0.151. The first-order valence-corrected chi connectivity index (χ1v) is 11.4. The van der Waals surface area contributed by atoms with Crippen molar-refractivity contribution in [1.82, 2.24) is 8.87 Å². The highest BCUT2D eigenvalue weighted by Crippen LogP contribution is 2.38. The Morgan fingerprint density at radius 3 is 2.44 bits per heavy atom. The molecule has 0 aliphatic heterocycles. The highest BCUT2D eigenvalue weighted by molar-refractivity contribution is 9.11. The molecule has 9 heteroatoms. The van der Waals surface area contributed by atoms with E-state index in [0.717, 1.165) is 4.47 Å². The highest BCUT2D eigenvalue weighted by Gasteiger charge is 2.24. The van der Waals surface area contributed by atoms with Gasteiger partial charge >= 0.3 is 0 Å². The number of benzene rings is 2. The van der Waals surface area contributed by atoms with Crippen LogP contribution >= 0.6 is 43.5 Å². The normalized spacial score (nSPS) is 12.1. The fraction of sp³-hybridized carbons (Fsp3) is 0.222. The number of rotatable bonds is 6. The van der Waals surface area contributed by atoms with Gasteiger partial charge in [0.15, 0.2) is 0 Å². The topological polar surface area (TPSA) is 51.5 Å². The summed E-state index contributed by atoms with van der Waals surface area (Å²) in [6.45, 7) is 1.16. The molecule has 0 saturated carbocycles. The van der Waals surface area contributed by atoms with Crippen LogP contribution in [0, 0.1) is 0 Å². The lowest BCUT2D eigenvalue weighted by Crippen LogP contribution is -2.19. The standard InChI is InChI=1S/C18H17Br2ClN2O3S/c1-22(2)7-8-26-17-11-23(18-15(17)9-12(19)10-16(18)20)27(24,25)14-5-3-13(21)4-6-14/h3-6,9-11H,7-8H2,1-2H3. The lowest BCUT2D eigenvalue weighted by Gasteiger charge is -2.10. The van der Waals surface area contributed by atoms with Crippen molar-refractivity contribution < 1.29 is 13.2 Å². The van der Waals surface area contributed by atoms with Crippen LogP contribution in [-0.4, -0.2) is 44.5 Å². The summed E-state index contributed by atoms with van der Waals surface area (Å²) in [4.78, 5) is 2.15. The molecule has 2 aromatic carbocycles. The summed E-state index contributed by atoms with van der Waals surface area (Å²) in [7, 11) is 0.0825. The number of ether oxygens (including phenoxy) is 1. The average Bonchev–Trinajstić information content (AvgIpc) is 2.94. The zero-order chi connectivity index (χ0) is 19.8. The molecule has 0 aliphatic carbocycles. The fourth-order valence-electron chi connectivity index (χ4n) is 2.58. The summed E-state index contributed by atoms with van der Waals surface area (Å²) in [6.07, 6.45) is 1.52. The predicted octanol–water partition coefficient (Wildman–Crippen LogP) is 5.00. The second-order valence-corrected chi connectivity index (χ2v) is 10.2. The maximum Gasteiger partial charge on any atom is 0.268 e. The number of halogens is 3. The van der Waals surface area contributed by atoms with Gasteiger partial charge in [-0.2, -0.15) is 0 Å². The Bertz CT molecular complexity index is 1080. The molecular weight excluding hydrogens is 520 g/mol. The van der Waals surface area contributed by atoms with Crippen LogP contribution in [0.1, 0.15) is 0 Å². The minimum atomic E-state index is -3.82. The lowest BCUT2D eigenvalue weighted by atomic mass is 10.2. The van der Waals surface area contributed by atoms with Gasteiger partial charge in [-0.3, -0.25) is 0 Å². The van der Waals surface area contributed by atoms with Crippen molar-refractivity contribution in [3.8, 4) is 5.75 Å². The van der Waals surface area contributed by atoms with E-state index >= 15 is 0 Å². The number of fused-ring (bicyclic) bond motifs is 1. The number of likely N-dealkylation sites (N-methyl/N-ethyl adjacent to an activating group) is 1. The van der Waals surface area contributed by atoms with Crippen molar-refractivity contribution in [1.29, 1.82) is 0 Å². The molecule has 0 saturated heterocycles. The van der Waals surface area contributed by atoms with Gasteiger partial charge in [0.05, 0.1) is 16.6 Å². The Labute approximate surface area is 180 Å². The van der Waals surface area contributed by atoms with Crippen molar-refractivity contribution in [3.63, 3.8) is 0 Å². The minimum Gasteiger partial charge on any atom is -0.490 e. The molecule has 0 unspecified atom stereocenters. The third-order valence-electron chi connectivity index (χ3n) is 3.92. The van der Waals surface area contributed by atoms with Crippen molar-refractivity contribution in [3.05, 3.63) is 56.6 Å². The van der Waals surface area contributed by atoms with E-state index in [1.165, 1.54) is 22.3 Å². The summed E-state index contributed by atoms with van der Waals surface area (Å²) >= 11 is 12.8. The molecule has 0 N–H and O–H groups in total. The first-order valence-electron chi connectivity index (χ1n) is 7.99. The Morgan fingerprint density at radius 2 is 1.81 bits per heavy atom. The third-order valence-corrected chi connectivity index (χ3v) is 6.90. The zero-order valence-corrected chi connectivity index (χ0v) is 19.4. The van der Waals surface area contributed by atoms with E-state index < -0.39 is 10.0 Å². The van der Waals surface area contributed by atoms with Gasteiger partial charge < -0.3 is 9.64 Å². The molecule has 144 valence electrons. The van der Waals surface area contributed by atoms with Crippen molar-refractivity contribution >= 4 is 64.4 Å². The summed E-state index contributed by atoms with van der Waals surface area (Å²) < 4.78 is 35.0. The smallest absolute Gasteiger partial charge is 0.268 e. The quantitative estimate of drug-likeness (QED) is 0.445. The molecule has 3 aromatic rings. The van der Waals surface area contributed by atoms with E-state index in [1.807, 2.05) is 25.1 Å². The molecular formula is C18H17Br2ClN2O3S. The number of hydrogen-bond acceptors (Lipinski definition) is 4. The van der Waals surface area contributed by atoms with Crippen molar-refractivity contribution in [2.24, 2.45) is 0 Å². The Balaban J connectivity index is 2.16. The maximum absolute atomic E-state index is 13.2. The number of hydrogen-bond donors (Lipinski definition) is 0. The van der Waals surface area contributed by atoms with Crippen LogP contribution in [0.4, 0.5) is 0 Å². The molecule has 27 heavy (non-hydrogen) atoms. The average molecular weight is 537 g/mol. The fourth-order valence-corrected chi connectivity index (χ4v) is 5.62. The van der Waals surface area contributed by atoms with Crippen LogP contribution in [0.25, 0.3) is 10.9 Å². The Morgan fingerprint density at radius 1 is 1.15 bits per heavy atom. The molecule has 0 bridgehead atoms. The number of aromatic nitrogens is 1. The Hall–Kier alpha value is -1.06. The second kappa shape index (κ2) is 8.13. The summed E-state index contributed by atoms with van der Waals surface area (Å²) in [5.74, 6) is 0.506. The Kier molecular flexibility index (Phi) is 6.22. The van der Waals surface area contributed by atoms with Crippen molar-refractivity contribution in [2.45, 2.75) is 4.90 Å². The van der Waals surface area contributed by atoms with Crippen LogP contribution < -0.4 is 4.74 Å². The first kappa shape index (κ1) is 20.7. The molecule has 0 spiro atoms.